The van der Waals surface area contributed by atoms with Crippen molar-refractivity contribution >= 4 is 34.1 Å². The summed E-state index contributed by atoms with van der Waals surface area (Å²) in [5.74, 6) is 0.638. The fraction of sp³-hybridized carbons (Fsp3) is 0.280. The first kappa shape index (κ1) is 22.6. The fourth-order valence-corrected chi connectivity index (χ4v) is 4.92. The third-order valence-electron chi connectivity index (χ3n) is 5.86. The van der Waals surface area contributed by atoms with Crippen molar-refractivity contribution in [3.63, 3.8) is 0 Å². The number of rotatable bonds is 5. The Labute approximate surface area is 206 Å². The molecule has 9 heteroatoms. The first-order chi connectivity index (χ1) is 16.5. The molecule has 2 atom stereocenters. The highest BCUT2D eigenvalue weighted by molar-refractivity contribution is 6.35. The Kier molecular flexibility index (Phi) is 6.38. The molecule has 0 saturated carbocycles. The molecule has 0 radical (unpaired) electrons. The highest BCUT2D eigenvalue weighted by atomic mass is 35.5. The van der Waals surface area contributed by atoms with Crippen molar-refractivity contribution in [3.8, 4) is 23.1 Å². The second-order valence-electron chi connectivity index (χ2n) is 8.14. The van der Waals surface area contributed by atoms with Crippen LogP contribution in [-0.2, 0) is 4.74 Å². The zero-order valence-electron chi connectivity index (χ0n) is 18.4. The minimum atomic E-state index is -0.399. The van der Waals surface area contributed by atoms with Crippen LogP contribution in [0, 0.1) is 11.3 Å². The van der Waals surface area contributed by atoms with E-state index in [0.29, 0.717) is 39.2 Å². The third kappa shape index (κ3) is 4.32. The van der Waals surface area contributed by atoms with Crippen LogP contribution in [0.4, 0.5) is 0 Å². The molecule has 172 valence electrons. The summed E-state index contributed by atoms with van der Waals surface area (Å²) < 4.78 is 14.2. The van der Waals surface area contributed by atoms with E-state index in [2.05, 4.69) is 16.0 Å². The molecule has 0 amide bonds. The van der Waals surface area contributed by atoms with E-state index < -0.39 is 6.10 Å². The summed E-state index contributed by atoms with van der Waals surface area (Å²) in [5, 5.41) is 16.0. The van der Waals surface area contributed by atoms with Crippen molar-refractivity contribution in [3.05, 3.63) is 70.2 Å². The van der Waals surface area contributed by atoms with Crippen LogP contribution in [-0.4, -0.2) is 26.4 Å². The Balaban J connectivity index is 1.59. The van der Waals surface area contributed by atoms with E-state index in [9.17, 15) is 5.26 Å². The zero-order valence-corrected chi connectivity index (χ0v) is 19.9. The molecule has 1 aromatic carbocycles. The number of nitriles is 1. The van der Waals surface area contributed by atoms with Crippen LogP contribution >= 0.6 is 23.2 Å². The van der Waals surface area contributed by atoms with Gasteiger partial charge in [0, 0.05) is 47.9 Å². The fourth-order valence-electron chi connectivity index (χ4n) is 4.25. The number of hydrogen-bond donors (Lipinski definition) is 0. The molecule has 34 heavy (non-hydrogen) atoms. The van der Waals surface area contributed by atoms with Crippen LogP contribution in [0.15, 0.2) is 49.1 Å². The van der Waals surface area contributed by atoms with E-state index in [-0.39, 0.29) is 6.23 Å². The first-order valence-electron chi connectivity index (χ1n) is 11.0. The van der Waals surface area contributed by atoms with E-state index in [4.69, 9.17) is 37.8 Å². The predicted octanol–water partition coefficient (Wildman–Crippen LogP) is 6.51. The van der Waals surface area contributed by atoms with Gasteiger partial charge in [0.2, 0.25) is 0 Å². The highest BCUT2D eigenvalue weighted by Crippen LogP contribution is 2.37. The lowest BCUT2D eigenvalue weighted by Gasteiger charge is -2.23. The number of benzene rings is 1. The van der Waals surface area contributed by atoms with Gasteiger partial charge in [-0.1, -0.05) is 23.2 Å². The molecule has 4 heterocycles. The molecule has 0 bridgehead atoms. The van der Waals surface area contributed by atoms with Gasteiger partial charge in [0.05, 0.1) is 21.1 Å². The average molecular weight is 494 g/mol. The molecule has 0 spiro atoms. The lowest BCUT2D eigenvalue weighted by molar-refractivity contribution is -0.0365. The van der Waals surface area contributed by atoms with Crippen molar-refractivity contribution in [2.24, 2.45) is 0 Å². The lowest BCUT2D eigenvalue weighted by Crippen LogP contribution is -2.19. The number of pyridine rings is 2. The Morgan fingerprint density at radius 1 is 1.12 bits per heavy atom. The summed E-state index contributed by atoms with van der Waals surface area (Å²) in [6.07, 6.45) is 8.82. The maximum absolute atomic E-state index is 9.35. The number of fused-ring (bicyclic) bond motifs is 1. The molecule has 1 saturated heterocycles. The smallest absolute Gasteiger partial charge is 0.150 e. The van der Waals surface area contributed by atoms with Gasteiger partial charge < -0.3 is 9.47 Å². The molecule has 1 unspecified atom stereocenters. The molecule has 7 nitrogen and oxygen atoms in total. The van der Waals surface area contributed by atoms with E-state index in [0.717, 1.165) is 35.7 Å². The van der Waals surface area contributed by atoms with Crippen LogP contribution in [0.5, 0.6) is 5.75 Å². The third-order valence-corrected chi connectivity index (χ3v) is 6.46. The molecular formula is C25H21Cl2N5O2. The minimum Gasteiger partial charge on any atom is -0.486 e. The van der Waals surface area contributed by atoms with E-state index in [1.165, 1.54) is 6.20 Å². The van der Waals surface area contributed by atoms with Gasteiger partial charge in [-0.15, -0.1) is 0 Å². The first-order valence-corrected chi connectivity index (χ1v) is 11.8. The highest BCUT2D eigenvalue weighted by Gasteiger charge is 2.23. The van der Waals surface area contributed by atoms with Crippen LogP contribution in [0.1, 0.15) is 49.6 Å². The number of aromatic nitrogens is 4. The topological polar surface area (TPSA) is 85.8 Å². The normalized spacial score (nSPS) is 16.8. The average Bonchev–Trinajstić information content (AvgIpc) is 3.23. The molecule has 1 fully saturated rings. The van der Waals surface area contributed by atoms with E-state index in [1.807, 2.05) is 29.8 Å². The molecule has 1 aliphatic heterocycles. The summed E-state index contributed by atoms with van der Waals surface area (Å²) in [6, 6.07) is 9.75. The van der Waals surface area contributed by atoms with Gasteiger partial charge >= 0.3 is 0 Å². The van der Waals surface area contributed by atoms with Gasteiger partial charge in [0.1, 0.15) is 23.6 Å². The van der Waals surface area contributed by atoms with Crippen molar-refractivity contribution in [2.75, 3.05) is 6.61 Å². The van der Waals surface area contributed by atoms with Crippen LogP contribution in [0.2, 0.25) is 10.0 Å². The maximum Gasteiger partial charge on any atom is 0.150 e. The van der Waals surface area contributed by atoms with Crippen LogP contribution in [0.25, 0.3) is 22.2 Å². The second-order valence-corrected chi connectivity index (χ2v) is 8.96. The molecular weight excluding hydrogens is 473 g/mol. The molecule has 5 rings (SSSR count). The van der Waals surface area contributed by atoms with Gasteiger partial charge in [-0.3, -0.25) is 9.97 Å². The van der Waals surface area contributed by atoms with Crippen LogP contribution < -0.4 is 4.74 Å². The molecule has 4 aromatic rings. The maximum atomic E-state index is 9.35. The van der Waals surface area contributed by atoms with Crippen molar-refractivity contribution in [1.29, 1.82) is 5.26 Å². The van der Waals surface area contributed by atoms with Gasteiger partial charge in [0.25, 0.3) is 0 Å². The van der Waals surface area contributed by atoms with Gasteiger partial charge in [-0.2, -0.15) is 10.4 Å². The predicted molar refractivity (Wildman–Crippen MR) is 130 cm³/mol. The lowest BCUT2D eigenvalue weighted by atomic mass is 10.1. The van der Waals surface area contributed by atoms with E-state index in [1.54, 1.807) is 24.7 Å². The number of halogens is 2. The Bertz CT molecular complexity index is 1370. The monoisotopic (exact) mass is 493 g/mol. The molecule has 3 aromatic heterocycles. The number of ether oxygens (including phenoxy) is 2. The Morgan fingerprint density at radius 3 is 2.65 bits per heavy atom. The largest absolute Gasteiger partial charge is 0.486 e. The van der Waals surface area contributed by atoms with Gasteiger partial charge in [0.15, 0.2) is 6.23 Å². The van der Waals surface area contributed by atoms with Crippen LogP contribution in [0.3, 0.4) is 0 Å². The quantitative estimate of drug-likeness (QED) is 0.314. The Hall–Kier alpha value is -3.18. The zero-order chi connectivity index (χ0) is 23.7. The second kappa shape index (κ2) is 9.59. The van der Waals surface area contributed by atoms with E-state index >= 15 is 0 Å². The van der Waals surface area contributed by atoms with Crippen molar-refractivity contribution < 1.29 is 9.47 Å². The molecule has 1 aliphatic rings. The number of nitrogens with zero attached hydrogens (tertiary/aromatic N) is 5. The summed E-state index contributed by atoms with van der Waals surface area (Å²) in [6.45, 7) is 2.59. The summed E-state index contributed by atoms with van der Waals surface area (Å²) in [5.41, 5.74) is 3.54. The molecule has 0 N–H and O–H groups in total. The Morgan fingerprint density at radius 2 is 1.91 bits per heavy atom. The van der Waals surface area contributed by atoms with Gasteiger partial charge in [-0.25, -0.2) is 4.68 Å². The summed E-state index contributed by atoms with van der Waals surface area (Å²) in [4.78, 5) is 8.23. The van der Waals surface area contributed by atoms with Crippen molar-refractivity contribution in [1.82, 2.24) is 19.7 Å². The number of hydrogen-bond acceptors (Lipinski definition) is 6. The minimum absolute atomic E-state index is 0.141. The van der Waals surface area contributed by atoms with Gasteiger partial charge in [-0.05, 0) is 50.5 Å². The SMILES string of the molecule is C[C@@H](Oc1ccc2c(c1)c(-c1cncc(C#N)c1)nn2C1CCCCO1)c1c(Cl)cncc1Cl. The molecule has 0 aliphatic carbocycles. The summed E-state index contributed by atoms with van der Waals surface area (Å²) >= 11 is 12.6. The summed E-state index contributed by atoms with van der Waals surface area (Å²) in [7, 11) is 0. The standard InChI is InChI=1S/C25H21Cl2N5O2/c1-15(24-20(26)13-30-14-21(24)27)34-18-5-6-22-19(9-18)25(17-8-16(10-28)11-29-12-17)31-32(22)23-4-2-3-7-33-23/h5-6,8-9,11-15,23H,2-4,7H2,1H3/t15-,23?/m1/s1. The van der Waals surface area contributed by atoms with Crippen molar-refractivity contribution in [2.45, 2.75) is 38.5 Å².